The highest BCUT2D eigenvalue weighted by molar-refractivity contribution is 7.81. The molecule has 0 aliphatic heterocycles. The average molecular weight is 144 g/mol. The Kier molecular flexibility index (Phi) is 2.17. The van der Waals surface area contributed by atoms with E-state index in [0.29, 0.717) is 11.7 Å². The molecule has 0 spiro atoms. The summed E-state index contributed by atoms with van der Waals surface area (Å²) in [4.78, 5) is 10.9. The minimum atomic E-state index is 0.0359. The lowest BCUT2D eigenvalue weighted by atomic mass is 9.90. The molecule has 0 aromatic heterocycles. The van der Waals surface area contributed by atoms with E-state index in [9.17, 15) is 4.79 Å². The Balaban J connectivity index is 2.44. The number of carbonyl (C=O) groups excluding carboxylic acids is 1. The largest absolute Gasteiger partial charge is 0.298 e. The van der Waals surface area contributed by atoms with E-state index in [2.05, 4.69) is 19.6 Å². The lowest BCUT2D eigenvalue weighted by Gasteiger charge is -2.21. The van der Waals surface area contributed by atoms with Gasteiger partial charge in [0.1, 0.15) is 5.78 Å². The molecule has 1 fully saturated rings. The number of thiol groups is 1. The molecule has 2 heteroatoms. The molecule has 1 aliphatic rings. The van der Waals surface area contributed by atoms with Gasteiger partial charge in [-0.3, -0.25) is 4.79 Å². The van der Waals surface area contributed by atoms with Crippen LogP contribution in [-0.2, 0) is 4.79 Å². The van der Waals surface area contributed by atoms with E-state index in [4.69, 9.17) is 0 Å². The van der Waals surface area contributed by atoms with Crippen molar-refractivity contribution in [1.82, 2.24) is 0 Å². The average Bonchev–Trinajstić information content (AvgIpc) is 1.80. The zero-order valence-corrected chi connectivity index (χ0v) is 6.53. The van der Waals surface area contributed by atoms with Crippen molar-refractivity contribution in [3.8, 4) is 0 Å². The number of hydrogen-bond acceptors (Lipinski definition) is 2. The van der Waals surface area contributed by atoms with E-state index in [1.54, 1.807) is 0 Å². The van der Waals surface area contributed by atoms with E-state index in [1.165, 1.54) is 0 Å². The summed E-state index contributed by atoms with van der Waals surface area (Å²) in [7, 11) is 0. The van der Waals surface area contributed by atoms with E-state index in [-0.39, 0.29) is 5.25 Å². The van der Waals surface area contributed by atoms with Gasteiger partial charge in [-0.25, -0.2) is 0 Å². The maximum Gasteiger partial charge on any atom is 0.145 e. The summed E-state index contributed by atoms with van der Waals surface area (Å²) in [6, 6.07) is 0. The first-order chi connectivity index (χ1) is 4.20. The van der Waals surface area contributed by atoms with Crippen molar-refractivity contribution in [3.05, 3.63) is 0 Å². The highest BCUT2D eigenvalue weighted by atomic mass is 32.1. The zero-order valence-electron chi connectivity index (χ0n) is 5.63. The highest BCUT2D eigenvalue weighted by Gasteiger charge is 2.22. The Hall–Kier alpha value is 0.0200. The molecule has 0 radical (unpaired) electrons. The molecular weight excluding hydrogens is 132 g/mol. The van der Waals surface area contributed by atoms with Crippen LogP contribution in [0.4, 0.5) is 0 Å². The van der Waals surface area contributed by atoms with E-state index in [0.717, 1.165) is 19.3 Å². The lowest BCUT2D eigenvalue weighted by Crippen LogP contribution is -2.23. The van der Waals surface area contributed by atoms with Crippen LogP contribution in [0.5, 0.6) is 0 Å². The molecule has 1 saturated carbocycles. The second-order valence-corrected chi connectivity index (χ2v) is 3.49. The van der Waals surface area contributed by atoms with Crippen molar-refractivity contribution >= 4 is 18.4 Å². The van der Waals surface area contributed by atoms with Gasteiger partial charge in [0.2, 0.25) is 0 Å². The fourth-order valence-electron chi connectivity index (χ4n) is 1.19. The van der Waals surface area contributed by atoms with Crippen LogP contribution in [0.2, 0.25) is 0 Å². The summed E-state index contributed by atoms with van der Waals surface area (Å²) in [5, 5.41) is 0.0359. The third-order valence-electron chi connectivity index (χ3n) is 1.88. The van der Waals surface area contributed by atoms with Crippen LogP contribution in [-0.4, -0.2) is 11.0 Å². The molecule has 0 heterocycles. The van der Waals surface area contributed by atoms with Gasteiger partial charge in [0, 0.05) is 6.42 Å². The Morgan fingerprint density at radius 2 is 2.33 bits per heavy atom. The Labute approximate surface area is 61.2 Å². The highest BCUT2D eigenvalue weighted by Crippen LogP contribution is 2.23. The van der Waals surface area contributed by atoms with E-state index >= 15 is 0 Å². The van der Waals surface area contributed by atoms with Gasteiger partial charge in [-0.1, -0.05) is 6.92 Å². The zero-order chi connectivity index (χ0) is 6.85. The van der Waals surface area contributed by atoms with Crippen LogP contribution < -0.4 is 0 Å². The topological polar surface area (TPSA) is 17.1 Å². The van der Waals surface area contributed by atoms with Crippen LogP contribution in [0, 0.1) is 5.92 Å². The Morgan fingerprint density at radius 1 is 1.67 bits per heavy atom. The van der Waals surface area contributed by atoms with Crippen molar-refractivity contribution < 1.29 is 4.79 Å². The SMILES string of the molecule is CC1CCC(=O)C(S)C1. The molecule has 1 aliphatic carbocycles. The monoisotopic (exact) mass is 144 g/mol. The van der Waals surface area contributed by atoms with Crippen molar-refractivity contribution in [2.75, 3.05) is 0 Å². The summed E-state index contributed by atoms with van der Waals surface area (Å²) in [6.45, 7) is 2.18. The number of ketones is 1. The van der Waals surface area contributed by atoms with Crippen LogP contribution in [0.25, 0.3) is 0 Å². The van der Waals surface area contributed by atoms with Crippen molar-refractivity contribution in [1.29, 1.82) is 0 Å². The van der Waals surface area contributed by atoms with Gasteiger partial charge in [-0.05, 0) is 18.8 Å². The molecule has 0 saturated heterocycles. The Morgan fingerprint density at radius 3 is 2.78 bits per heavy atom. The van der Waals surface area contributed by atoms with Crippen molar-refractivity contribution in [2.45, 2.75) is 31.4 Å². The molecule has 0 amide bonds. The van der Waals surface area contributed by atoms with Gasteiger partial charge < -0.3 is 0 Å². The first kappa shape index (κ1) is 7.13. The summed E-state index contributed by atoms with van der Waals surface area (Å²) in [5.41, 5.74) is 0. The third kappa shape index (κ3) is 1.71. The van der Waals surface area contributed by atoms with Gasteiger partial charge in [0.25, 0.3) is 0 Å². The quantitative estimate of drug-likeness (QED) is 0.512. The molecule has 0 N–H and O–H groups in total. The molecule has 2 atom stereocenters. The molecule has 0 bridgehead atoms. The minimum absolute atomic E-state index is 0.0359. The van der Waals surface area contributed by atoms with Gasteiger partial charge >= 0.3 is 0 Å². The fraction of sp³-hybridized carbons (Fsp3) is 0.857. The van der Waals surface area contributed by atoms with E-state index in [1.807, 2.05) is 0 Å². The van der Waals surface area contributed by atoms with Gasteiger partial charge in [-0.15, -0.1) is 0 Å². The summed E-state index contributed by atoms with van der Waals surface area (Å²) < 4.78 is 0. The molecule has 0 aromatic rings. The van der Waals surface area contributed by atoms with Crippen molar-refractivity contribution in [2.24, 2.45) is 5.92 Å². The third-order valence-corrected chi connectivity index (χ3v) is 2.38. The van der Waals surface area contributed by atoms with Crippen molar-refractivity contribution in [3.63, 3.8) is 0 Å². The van der Waals surface area contributed by atoms with E-state index < -0.39 is 0 Å². The number of hydrogen-bond donors (Lipinski definition) is 1. The number of rotatable bonds is 0. The molecule has 9 heavy (non-hydrogen) atoms. The van der Waals surface area contributed by atoms with Gasteiger partial charge in [0.05, 0.1) is 5.25 Å². The maximum atomic E-state index is 10.9. The first-order valence-electron chi connectivity index (χ1n) is 3.41. The molecular formula is C7H12OS. The lowest BCUT2D eigenvalue weighted by molar-refractivity contribution is -0.120. The normalized spacial score (nSPS) is 36.9. The summed E-state index contributed by atoms with van der Waals surface area (Å²) >= 11 is 4.17. The van der Waals surface area contributed by atoms with Crippen LogP contribution in [0.15, 0.2) is 0 Å². The molecule has 52 valence electrons. The summed E-state index contributed by atoms with van der Waals surface area (Å²) in [6.07, 6.45) is 2.78. The standard InChI is InChI=1S/C7H12OS/c1-5-2-3-6(8)7(9)4-5/h5,7,9H,2-4H2,1H3. The van der Waals surface area contributed by atoms with Crippen LogP contribution >= 0.6 is 12.6 Å². The van der Waals surface area contributed by atoms with Crippen LogP contribution in [0.3, 0.4) is 0 Å². The molecule has 0 aromatic carbocycles. The molecule has 1 nitrogen and oxygen atoms in total. The Bertz CT molecular complexity index is 122. The number of Topliss-reactive ketones (excluding diaryl/α,β-unsaturated/α-hetero) is 1. The maximum absolute atomic E-state index is 10.9. The first-order valence-corrected chi connectivity index (χ1v) is 3.92. The minimum Gasteiger partial charge on any atom is -0.298 e. The molecule has 1 rings (SSSR count). The predicted octanol–water partition coefficient (Wildman–Crippen LogP) is 1.67. The second-order valence-electron chi connectivity index (χ2n) is 2.86. The number of carbonyl (C=O) groups is 1. The van der Waals surface area contributed by atoms with Gasteiger partial charge in [-0.2, -0.15) is 12.6 Å². The van der Waals surface area contributed by atoms with Crippen LogP contribution in [0.1, 0.15) is 26.2 Å². The summed E-state index contributed by atoms with van der Waals surface area (Å²) in [5.74, 6) is 1.03. The predicted molar refractivity (Wildman–Crippen MR) is 40.8 cm³/mol. The molecule has 2 unspecified atom stereocenters. The smallest absolute Gasteiger partial charge is 0.145 e. The van der Waals surface area contributed by atoms with Gasteiger partial charge in [0.15, 0.2) is 0 Å². The fourth-order valence-corrected chi connectivity index (χ4v) is 1.67. The second kappa shape index (κ2) is 2.74.